The molecule has 2 N–H and O–H groups in total. The smallest absolute Gasteiger partial charge is 0.205 e. The summed E-state index contributed by atoms with van der Waals surface area (Å²) in [6, 6.07) is 1.94. The molecule has 16 heavy (non-hydrogen) atoms. The number of halogens is 3. The average molecular weight is 227 g/mol. The van der Waals surface area contributed by atoms with Gasteiger partial charge in [-0.1, -0.05) is 0 Å². The third-order valence-electron chi connectivity index (χ3n) is 2.13. The first-order chi connectivity index (χ1) is 7.50. The molecule has 0 unspecified atom stereocenters. The number of aromatic nitrogens is 2. The highest BCUT2D eigenvalue weighted by Crippen LogP contribution is 2.21. The molecule has 84 valence electrons. The molecule has 2 aromatic rings. The number of nitrogens with zero attached hydrogens (tertiary/aromatic N) is 2. The van der Waals surface area contributed by atoms with Crippen molar-refractivity contribution in [3.05, 3.63) is 41.5 Å². The van der Waals surface area contributed by atoms with Crippen molar-refractivity contribution >= 4 is 5.95 Å². The first-order valence-corrected chi connectivity index (χ1v) is 4.46. The minimum atomic E-state index is -1.52. The lowest BCUT2D eigenvalue weighted by atomic mass is 10.3. The fraction of sp³-hybridized carbons (Fsp3) is 0.100. The van der Waals surface area contributed by atoms with Crippen molar-refractivity contribution in [2.24, 2.45) is 0 Å². The van der Waals surface area contributed by atoms with Gasteiger partial charge in [-0.25, -0.2) is 18.2 Å². The maximum Gasteiger partial charge on any atom is 0.205 e. The third-order valence-corrected chi connectivity index (χ3v) is 2.13. The second-order valence-corrected chi connectivity index (χ2v) is 3.30. The maximum atomic E-state index is 13.4. The number of imidazole rings is 1. The molecule has 0 spiro atoms. The van der Waals surface area contributed by atoms with Gasteiger partial charge in [0.1, 0.15) is 0 Å². The summed E-state index contributed by atoms with van der Waals surface area (Å²) in [5.74, 6) is -4.04. The largest absolute Gasteiger partial charge is 0.369 e. The van der Waals surface area contributed by atoms with Gasteiger partial charge in [0, 0.05) is 6.20 Å². The molecule has 0 amide bonds. The van der Waals surface area contributed by atoms with E-state index in [-0.39, 0.29) is 11.6 Å². The van der Waals surface area contributed by atoms with E-state index in [1.165, 1.54) is 6.20 Å². The van der Waals surface area contributed by atoms with E-state index in [1.807, 2.05) is 0 Å². The molecule has 1 heterocycles. The summed E-state index contributed by atoms with van der Waals surface area (Å²) in [6.07, 6.45) is 1.44. The Morgan fingerprint density at radius 1 is 1.19 bits per heavy atom. The van der Waals surface area contributed by atoms with Crippen molar-refractivity contribution in [1.82, 2.24) is 9.55 Å². The maximum absolute atomic E-state index is 13.4. The highest BCUT2D eigenvalue weighted by Gasteiger charge is 2.16. The van der Waals surface area contributed by atoms with E-state index < -0.39 is 17.5 Å². The summed E-state index contributed by atoms with van der Waals surface area (Å²) in [6.45, 7) is 1.66. The molecule has 0 radical (unpaired) electrons. The van der Waals surface area contributed by atoms with Crippen LogP contribution in [-0.2, 0) is 0 Å². The van der Waals surface area contributed by atoms with Crippen molar-refractivity contribution in [3.63, 3.8) is 0 Å². The van der Waals surface area contributed by atoms with Gasteiger partial charge in [-0.2, -0.15) is 0 Å². The molecule has 3 nitrogen and oxygen atoms in total. The number of anilines is 1. The number of hydrogen-bond acceptors (Lipinski definition) is 2. The molecule has 0 fully saturated rings. The van der Waals surface area contributed by atoms with E-state index >= 15 is 0 Å². The van der Waals surface area contributed by atoms with E-state index in [9.17, 15) is 13.2 Å². The number of benzene rings is 1. The van der Waals surface area contributed by atoms with Crippen molar-refractivity contribution in [3.8, 4) is 5.69 Å². The van der Waals surface area contributed by atoms with Gasteiger partial charge < -0.3 is 5.73 Å². The first kappa shape index (κ1) is 10.5. The van der Waals surface area contributed by atoms with Crippen LogP contribution in [-0.4, -0.2) is 9.55 Å². The zero-order chi connectivity index (χ0) is 11.9. The number of nitrogen functional groups attached to an aromatic ring is 1. The van der Waals surface area contributed by atoms with Crippen LogP contribution >= 0.6 is 0 Å². The molecule has 0 aliphatic carbocycles. The molecule has 0 bridgehead atoms. The molecule has 0 saturated heterocycles. The van der Waals surface area contributed by atoms with Crippen LogP contribution in [0.2, 0.25) is 0 Å². The topological polar surface area (TPSA) is 43.8 Å². The standard InChI is InChI=1S/C10H8F3N3/c1-5-4-16(10(14)15-5)7-3-2-6(11)8(12)9(7)13/h2-4H,1H3,(H2,14,15). The predicted octanol–water partition coefficient (Wildman–Crippen LogP) is 2.18. The van der Waals surface area contributed by atoms with Crippen LogP contribution in [0.3, 0.4) is 0 Å². The van der Waals surface area contributed by atoms with Gasteiger partial charge in [0.25, 0.3) is 0 Å². The van der Waals surface area contributed by atoms with Crippen LogP contribution in [0.15, 0.2) is 18.3 Å². The Kier molecular flexibility index (Phi) is 2.34. The van der Waals surface area contributed by atoms with Crippen LogP contribution in [0.1, 0.15) is 5.69 Å². The van der Waals surface area contributed by atoms with E-state index in [1.54, 1.807) is 6.92 Å². The summed E-state index contributed by atoms with van der Waals surface area (Å²) >= 11 is 0. The van der Waals surface area contributed by atoms with Crippen LogP contribution in [0.4, 0.5) is 19.1 Å². The monoisotopic (exact) mass is 227 g/mol. The second kappa shape index (κ2) is 3.55. The minimum absolute atomic E-state index is 0.0161. The first-order valence-electron chi connectivity index (χ1n) is 4.46. The summed E-state index contributed by atoms with van der Waals surface area (Å²) in [5, 5.41) is 0. The van der Waals surface area contributed by atoms with Gasteiger partial charge >= 0.3 is 0 Å². The van der Waals surface area contributed by atoms with Crippen LogP contribution in [0.5, 0.6) is 0 Å². The van der Waals surface area contributed by atoms with Gasteiger partial charge in [0.05, 0.1) is 11.4 Å². The van der Waals surface area contributed by atoms with Gasteiger partial charge in [-0.15, -0.1) is 0 Å². The van der Waals surface area contributed by atoms with Gasteiger partial charge in [-0.3, -0.25) is 4.57 Å². The Morgan fingerprint density at radius 3 is 2.44 bits per heavy atom. The normalized spacial score (nSPS) is 10.8. The fourth-order valence-corrected chi connectivity index (χ4v) is 1.41. The van der Waals surface area contributed by atoms with E-state index in [0.29, 0.717) is 5.69 Å². The van der Waals surface area contributed by atoms with Crippen LogP contribution in [0.25, 0.3) is 5.69 Å². The number of rotatable bonds is 1. The van der Waals surface area contributed by atoms with E-state index in [2.05, 4.69) is 4.98 Å². The van der Waals surface area contributed by atoms with Gasteiger partial charge in [0.15, 0.2) is 17.5 Å². The molecule has 0 aliphatic heterocycles. The third kappa shape index (κ3) is 1.52. The molecule has 1 aromatic heterocycles. The van der Waals surface area contributed by atoms with Crippen molar-refractivity contribution < 1.29 is 13.2 Å². The second-order valence-electron chi connectivity index (χ2n) is 3.30. The van der Waals surface area contributed by atoms with E-state index in [0.717, 1.165) is 16.7 Å². The zero-order valence-corrected chi connectivity index (χ0v) is 8.34. The lowest BCUT2D eigenvalue weighted by Crippen LogP contribution is -2.04. The predicted molar refractivity (Wildman–Crippen MR) is 52.6 cm³/mol. The summed E-state index contributed by atoms with van der Waals surface area (Å²) in [4.78, 5) is 3.84. The van der Waals surface area contributed by atoms with Gasteiger partial charge in [0.2, 0.25) is 5.95 Å². The van der Waals surface area contributed by atoms with Crippen molar-refractivity contribution in [1.29, 1.82) is 0 Å². The molecular weight excluding hydrogens is 219 g/mol. The SMILES string of the molecule is Cc1cn(-c2ccc(F)c(F)c2F)c(N)n1. The van der Waals surface area contributed by atoms with Gasteiger partial charge in [-0.05, 0) is 19.1 Å². The number of aryl methyl sites for hydroxylation is 1. The molecule has 0 aliphatic rings. The molecule has 0 saturated carbocycles. The lowest BCUT2D eigenvalue weighted by Gasteiger charge is -2.06. The average Bonchev–Trinajstić information content (AvgIpc) is 2.55. The highest BCUT2D eigenvalue weighted by atomic mass is 19.2. The van der Waals surface area contributed by atoms with Crippen molar-refractivity contribution in [2.75, 3.05) is 5.73 Å². The Morgan fingerprint density at radius 2 is 1.88 bits per heavy atom. The number of nitrogens with two attached hydrogens (primary N) is 1. The molecule has 1 aromatic carbocycles. The molecular formula is C10H8F3N3. The summed E-state index contributed by atoms with van der Waals surface area (Å²) in [7, 11) is 0. The van der Waals surface area contributed by atoms with Crippen molar-refractivity contribution in [2.45, 2.75) is 6.92 Å². The van der Waals surface area contributed by atoms with Crippen LogP contribution in [0, 0.1) is 24.4 Å². The molecule has 0 atom stereocenters. The Hall–Kier alpha value is -1.98. The summed E-state index contributed by atoms with van der Waals surface area (Å²) in [5.41, 5.74) is 5.89. The fourth-order valence-electron chi connectivity index (χ4n) is 1.41. The summed E-state index contributed by atoms with van der Waals surface area (Å²) < 4.78 is 40.3. The highest BCUT2D eigenvalue weighted by molar-refractivity contribution is 5.42. The lowest BCUT2D eigenvalue weighted by molar-refractivity contribution is 0.445. The molecule has 6 heteroatoms. The minimum Gasteiger partial charge on any atom is -0.369 e. The zero-order valence-electron chi connectivity index (χ0n) is 8.34. The Bertz CT molecular complexity index is 548. The molecule has 2 rings (SSSR count). The van der Waals surface area contributed by atoms with E-state index in [4.69, 9.17) is 5.73 Å². The Labute approximate surface area is 89.3 Å². The Balaban J connectivity index is 2.65. The van der Waals surface area contributed by atoms with Crippen LogP contribution < -0.4 is 5.73 Å². The number of hydrogen-bond donors (Lipinski definition) is 1. The quantitative estimate of drug-likeness (QED) is 0.759.